The Labute approximate surface area is 115 Å². The molecule has 0 bridgehead atoms. The average molecular weight is 272 g/mol. The van der Waals surface area contributed by atoms with Gasteiger partial charge in [-0.15, -0.1) is 0 Å². The summed E-state index contributed by atoms with van der Waals surface area (Å²) < 4.78 is 0. The van der Waals surface area contributed by atoms with Crippen molar-refractivity contribution in [1.82, 2.24) is 4.98 Å². The first-order chi connectivity index (χ1) is 9.13. The number of halogens is 1. The Kier molecular flexibility index (Phi) is 3.79. The number of hydrogen-bond donors (Lipinski definition) is 0. The normalized spacial score (nSPS) is 9.74. The van der Waals surface area contributed by atoms with Gasteiger partial charge in [-0.2, -0.15) is 5.26 Å². The second kappa shape index (κ2) is 5.51. The van der Waals surface area contributed by atoms with E-state index in [4.69, 9.17) is 16.9 Å². The standard InChI is InChI=1S/C14H10ClN3O/c1-18(13-5-3-2-4-10(13)9-16)14(19)12-8-11(15)6-7-17-12/h2-8H,1H3. The zero-order chi connectivity index (χ0) is 13.8. The first kappa shape index (κ1) is 13.1. The van der Waals surface area contributed by atoms with Crippen LogP contribution in [-0.2, 0) is 0 Å². The van der Waals surface area contributed by atoms with E-state index in [1.54, 1.807) is 37.4 Å². The lowest BCUT2D eigenvalue weighted by molar-refractivity contribution is 0.0988. The number of rotatable bonds is 2. The monoisotopic (exact) mass is 271 g/mol. The number of nitrogens with zero attached hydrogens (tertiary/aromatic N) is 3. The minimum atomic E-state index is -0.315. The maximum atomic E-state index is 12.3. The van der Waals surface area contributed by atoms with Crippen LogP contribution in [-0.4, -0.2) is 17.9 Å². The lowest BCUT2D eigenvalue weighted by atomic mass is 10.1. The van der Waals surface area contributed by atoms with Crippen LogP contribution in [0, 0.1) is 11.3 Å². The molecule has 0 aliphatic carbocycles. The highest BCUT2D eigenvalue weighted by Gasteiger charge is 2.17. The molecule has 1 amide bonds. The van der Waals surface area contributed by atoms with Crippen molar-refractivity contribution in [3.8, 4) is 6.07 Å². The van der Waals surface area contributed by atoms with Crippen molar-refractivity contribution >= 4 is 23.2 Å². The molecule has 0 saturated heterocycles. The number of carbonyl (C=O) groups excluding carboxylic acids is 1. The number of amides is 1. The van der Waals surface area contributed by atoms with Gasteiger partial charge in [-0.3, -0.25) is 9.78 Å². The van der Waals surface area contributed by atoms with E-state index < -0.39 is 0 Å². The van der Waals surface area contributed by atoms with Gasteiger partial charge < -0.3 is 4.90 Å². The first-order valence-corrected chi connectivity index (χ1v) is 5.90. The molecule has 1 aromatic heterocycles. The van der Waals surface area contributed by atoms with E-state index in [1.165, 1.54) is 17.2 Å². The lowest BCUT2D eigenvalue weighted by Crippen LogP contribution is -2.27. The van der Waals surface area contributed by atoms with Crippen LogP contribution in [0.5, 0.6) is 0 Å². The van der Waals surface area contributed by atoms with Gasteiger partial charge in [-0.25, -0.2) is 0 Å². The summed E-state index contributed by atoms with van der Waals surface area (Å²) in [7, 11) is 1.60. The van der Waals surface area contributed by atoms with Crippen LogP contribution in [0.4, 0.5) is 5.69 Å². The number of aromatic nitrogens is 1. The third kappa shape index (κ3) is 2.72. The molecule has 0 aliphatic heterocycles. The molecule has 0 N–H and O–H groups in total. The Morgan fingerprint density at radius 2 is 2.11 bits per heavy atom. The molecule has 5 heteroatoms. The summed E-state index contributed by atoms with van der Waals surface area (Å²) in [5, 5.41) is 9.48. The van der Waals surface area contributed by atoms with Crippen molar-refractivity contribution in [3.05, 3.63) is 58.9 Å². The van der Waals surface area contributed by atoms with Crippen LogP contribution in [0.2, 0.25) is 5.02 Å². The summed E-state index contributed by atoms with van der Waals surface area (Å²) in [5.74, 6) is -0.315. The molecule has 1 aromatic carbocycles. The van der Waals surface area contributed by atoms with Crippen LogP contribution in [0.3, 0.4) is 0 Å². The zero-order valence-electron chi connectivity index (χ0n) is 10.2. The Morgan fingerprint density at radius 3 is 2.79 bits per heavy atom. The van der Waals surface area contributed by atoms with Crippen molar-refractivity contribution in [1.29, 1.82) is 5.26 Å². The number of anilines is 1. The van der Waals surface area contributed by atoms with Gasteiger partial charge in [0.05, 0.1) is 11.3 Å². The maximum Gasteiger partial charge on any atom is 0.276 e. The molecule has 1 heterocycles. The van der Waals surface area contributed by atoms with E-state index in [9.17, 15) is 4.79 Å². The minimum Gasteiger partial charge on any atom is -0.309 e. The van der Waals surface area contributed by atoms with Gasteiger partial charge in [0.2, 0.25) is 0 Å². The van der Waals surface area contributed by atoms with Crippen molar-refractivity contribution in [2.75, 3.05) is 11.9 Å². The molecule has 0 radical (unpaired) electrons. The van der Waals surface area contributed by atoms with Crippen molar-refractivity contribution in [3.63, 3.8) is 0 Å². The number of carbonyl (C=O) groups is 1. The molecule has 0 spiro atoms. The van der Waals surface area contributed by atoms with E-state index in [0.717, 1.165) is 0 Å². The Hall–Kier alpha value is -2.38. The van der Waals surface area contributed by atoms with Crippen LogP contribution in [0.15, 0.2) is 42.6 Å². The molecule has 0 atom stereocenters. The Bertz CT molecular complexity index is 664. The fraction of sp³-hybridized carbons (Fsp3) is 0.0714. The molecule has 2 aromatic rings. The molecular formula is C14H10ClN3O. The maximum absolute atomic E-state index is 12.3. The quantitative estimate of drug-likeness (QED) is 0.844. The molecule has 0 aliphatic rings. The predicted octanol–water partition coefficient (Wildman–Crippen LogP) is 2.88. The molecule has 2 rings (SSSR count). The van der Waals surface area contributed by atoms with Gasteiger partial charge in [0, 0.05) is 18.3 Å². The third-order valence-electron chi connectivity index (χ3n) is 2.63. The van der Waals surface area contributed by atoms with Gasteiger partial charge in [-0.1, -0.05) is 23.7 Å². The van der Waals surface area contributed by atoms with Crippen LogP contribution in [0.25, 0.3) is 0 Å². The van der Waals surface area contributed by atoms with Gasteiger partial charge in [-0.05, 0) is 24.3 Å². The van der Waals surface area contributed by atoms with E-state index in [0.29, 0.717) is 16.3 Å². The summed E-state index contributed by atoms with van der Waals surface area (Å²) in [5.41, 5.74) is 1.21. The highest BCUT2D eigenvalue weighted by Crippen LogP contribution is 2.20. The Balaban J connectivity index is 2.37. The van der Waals surface area contributed by atoms with E-state index in [2.05, 4.69) is 11.1 Å². The smallest absolute Gasteiger partial charge is 0.276 e. The molecular weight excluding hydrogens is 262 g/mol. The van der Waals surface area contributed by atoms with Crippen LogP contribution < -0.4 is 4.90 Å². The number of para-hydroxylation sites is 1. The molecule has 19 heavy (non-hydrogen) atoms. The molecule has 0 unspecified atom stereocenters. The summed E-state index contributed by atoms with van der Waals surface area (Å²) in [6.07, 6.45) is 1.47. The lowest BCUT2D eigenvalue weighted by Gasteiger charge is -2.18. The molecule has 0 fully saturated rings. The second-order valence-corrected chi connectivity index (χ2v) is 4.29. The van der Waals surface area contributed by atoms with E-state index in [-0.39, 0.29) is 11.6 Å². The summed E-state index contributed by atoms with van der Waals surface area (Å²) >= 11 is 5.84. The van der Waals surface area contributed by atoms with Gasteiger partial charge in [0.15, 0.2) is 0 Å². The van der Waals surface area contributed by atoms with Crippen molar-refractivity contribution in [2.24, 2.45) is 0 Å². The number of nitriles is 1. The highest BCUT2D eigenvalue weighted by molar-refractivity contribution is 6.31. The van der Waals surface area contributed by atoms with Crippen molar-refractivity contribution in [2.45, 2.75) is 0 Å². The van der Waals surface area contributed by atoms with E-state index >= 15 is 0 Å². The van der Waals surface area contributed by atoms with E-state index in [1.807, 2.05) is 0 Å². The number of hydrogen-bond acceptors (Lipinski definition) is 3. The number of pyridine rings is 1. The fourth-order valence-corrected chi connectivity index (χ4v) is 1.82. The summed E-state index contributed by atoms with van der Waals surface area (Å²) in [6, 6.07) is 12.0. The second-order valence-electron chi connectivity index (χ2n) is 3.85. The van der Waals surface area contributed by atoms with Crippen LogP contribution in [0.1, 0.15) is 16.1 Å². The zero-order valence-corrected chi connectivity index (χ0v) is 10.9. The third-order valence-corrected chi connectivity index (χ3v) is 2.87. The minimum absolute atomic E-state index is 0.239. The van der Waals surface area contributed by atoms with Gasteiger partial charge in [0.25, 0.3) is 5.91 Å². The van der Waals surface area contributed by atoms with Gasteiger partial charge in [0.1, 0.15) is 11.8 Å². The predicted molar refractivity (Wildman–Crippen MR) is 73.1 cm³/mol. The molecule has 4 nitrogen and oxygen atoms in total. The van der Waals surface area contributed by atoms with Crippen LogP contribution >= 0.6 is 11.6 Å². The largest absolute Gasteiger partial charge is 0.309 e. The Morgan fingerprint density at radius 1 is 1.37 bits per heavy atom. The topological polar surface area (TPSA) is 57.0 Å². The van der Waals surface area contributed by atoms with Gasteiger partial charge >= 0.3 is 0 Å². The van der Waals surface area contributed by atoms with Crippen molar-refractivity contribution < 1.29 is 4.79 Å². The average Bonchev–Trinajstić information content (AvgIpc) is 2.45. The first-order valence-electron chi connectivity index (χ1n) is 5.52. The fourth-order valence-electron chi connectivity index (χ4n) is 1.66. The SMILES string of the molecule is CN(C(=O)c1cc(Cl)ccn1)c1ccccc1C#N. The molecule has 0 saturated carbocycles. The molecule has 94 valence electrons. The number of benzene rings is 1. The highest BCUT2D eigenvalue weighted by atomic mass is 35.5. The summed E-state index contributed by atoms with van der Waals surface area (Å²) in [4.78, 5) is 17.6. The summed E-state index contributed by atoms with van der Waals surface area (Å²) in [6.45, 7) is 0.